The summed E-state index contributed by atoms with van der Waals surface area (Å²) in [6.45, 7) is 4.08. The molecule has 1 N–H and O–H groups in total. The maximum absolute atomic E-state index is 11.4. The molecule has 0 aliphatic rings. The number of rotatable bonds is 6. The smallest absolute Gasteiger partial charge is 0.305 e. The molecule has 1 aromatic heterocycles. The van der Waals surface area contributed by atoms with Crippen LogP contribution in [0, 0.1) is 6.92 Å². The molecule has 0 saturated heterocycles. The van der Waals surface area contributed by atoms with Crippen molar-refractivity contribution in [3.63, 3.8) is 0 Å². The van der Waals surface area contributed by atoms with Crippen LogP contribution in [0.25, 0.3) is 0 Å². The van der Waals surface area contributed by atoms with Gasteiger partial charge < -0.3 is 14.6 Å². The highest BCUT2D eigenvalue weighted by Crippen LogP contribution is 1.95. The van der Waals surface area contributed by atoms with E-state index in [1.807, 2.05) is 0 Å². The lowest BCUT2D eigenvalue weighted by molar-refractivity contribution is -0.143. The van der Waals surface area contributed by atoms with Gasteiger partial charge in [0.05, 0.1) is 6.61 Å². The number of carbonyl (C=O) groups excluding carboxylic acids is 2. The first kappa shape index (κ1) is 13.1. The van der Waals surface area contributed by atoms with Gasteiger partial charge in [-0.1, -0.05) is 5.16 Å². The van der Waals surface area contributed by atoms with E-state index in [-0.39, 0.29) is 18.2 Å². The molecule has 0 aliphatic heterocycles. The van der Waals surface area contributed by atoms with E-state index in [4.69, 9.17) is 4.74 Å². The van der Waals surface area contributed by atoms with Gasteiger partial charge in [0.2, 0.25) is 5.89 Å². The van der Waals surface area contributed by atoms with E-state index in [2.05, 4.69) is 20.0 Å². The molecule has 0 aliphatic carbocycles. The first-order chi connectivity index (χ1) is 8.13. The highest BCUT2D eigenvalue weighted by Gasteiger charge is 2.12. The third kappa shape index (κ3) is 4.62. The summed E-state index contributed by atoms with van der Waals surface area (Å²) in [5.41, 5.74) is 0. The summed E-state index contributed by atoms with van der Waals surface area (Å²) < 4.78 is 9.41. The van der Waals surface area contributed by atoms with Gasteiger partial charge in [-0.25, -0.2) is 0 Å². The average molecular weight is 241 g/mol. The molecule has 0 radical (unpaired) electrons. The lowest BCUT2D eigenvalue weighted by atomic mass is 10.3. The monoisotopic (exact) mass is 241 g/mol. The van der Waals surface area contributed by atoms with Crippen molar-refractivity contribution in [2.24, 2.45) is 0 Å². The van der Waals surface area contributed by atoms with Crippen molar-refractivity contribution < 1.29 is 18.8 Å². The van der Waals surface area contributed by atoms with E-state index in [1.54, 1.807) is 13.8 Å². The Bertz CT molecular complexity index is 389. The topological polar surface area (TPSA) is 94.3 Å². The van der Waals surface area contributed by atoms with Gasteiger partial charge in [0.1, 0.15) is 0 Å². The molecule has 7 heteroatoms. The second-order valence-corrected chi connectivity index (χ2v) is 3.30. The van der Waals surface area contributed by atoms with Crippen LogP contribution in [-0.2, 0) is 9.53 Å². The second-order valence-electron chi connectivity index (χ2n) is 3.30. The number of nitrogens with one attached hydrogen (secondary N) is 1. The van der Waals surface area contributed by atoms with Crippen LogP contribution in [0.5, 0.6) is 0 Å². The minimum absolute atomic E-state index is 0.00126. The number of hydrogen-bond acceptors (Lipinski definition) is 6. The molecule has 94 valence electrons. The largest absolute Gasteiger partial charge is 0.466 e. The van der Waals surface area contributed by atoms with Crippen molar-refractivity contribution >= 4 is 11.9 Å². The van der Waals surface area contributed by atoms with Crippen LogP contribution >= 0.6 is 0 Å². The normalized spacial score (nSPS) is 10.0. The number of hydrogen-bond donors (Lipinski definition) is 1. The van der Waals surface area contributed by atoms with Crippen molar-refractivity contribution in [3.8, 4) is 0 Å². The summed E-state index contributed by atoms with van der Waals surface area (Å²) in [5.74, 6) is -0.344. The first-order valence-electron chi connectivity index (χ1n) is 5.37. The summed E-state index contributed by atoms with van der Waals surface area (Å²) in [5, 5.41) is 6.05. The Morgan fingerprint density at radius 2 is 2.24 bits per heavy atom. The van der Waals surface area contributed by atoms with E-state index in [1.165, 1.54) is 0 Å². The third-order valence-corrected chi connectivity index (χ3v) is 1.88. The van der Waals surface area contributed by atoms with Crippen molar-refractivity contribution in [1.82, 2.24) is 15.5 Å². The summed E-state index contributed by atoms with van der Waals surface area (Å²) in [7, 11) is 0. The predicted molar refractivity (Wildman–Crippen MR) is 57.2 cm³/mol. The highest BCUT2D eigenvalue weighted by atomic mass is 16.5. The fraction of sp³-hybridized carbons (Fsp3) is 0.600. The molecule has 0 spiro atoms. The fourth-order valence-electron chi connectivity index (χ4n) is 1.14. The molecule has 1 aromatic rings. The fourth-order valence-corrected chi connectivity index (χ4v) is 1.14. The minimum atomic E-state index is -0.411. The summed E-state index contributed by atoms with van der Waals surface area (Å²) in [6, 6.07) is 0. The third-order valence-electron chi connectivity index (χ3n) is 1.88. The maximum atomic E-state index is 11.4. The number of ether oxygens (including phenoxy) is 1. The van der Waals surface area contributed by atoms with E-state index in [0.29, 0.717) is 25.5 Å². The standard InChI is InChI=1S/C10H15N3O4/c1-3-16-8(14)5-4-6-11-10(15)9-12-7(2)17-13-9/h3-6H2,1-2H3,(H,11,15). The number of nitrogens with zero attached hydrogens (tertiary/aromatic N) is 2. The zero-order valence-electron chi connectivity index (χ0n) is 9.86. The van der Waals surface area contributed by atoms with Gasteiger partial charge in [-0.15, -0.1) is 0 Å². The molecule has 0 aromatic carbocycles. The molecule has 0 saturated carbocycles. The molecule has 17 heavy (non-hydrogen) atoms. The Morgan fingerprint density at radius 1 is 1.47 bits per heavy atom. The maximum Gasteiger partial charge on any atom is 0.305 e. The number of carbonyl (C=O) groups is 2. The average Bonchev–Trinajstić information content (AvgIpc) is 2.71. The molecule has 0 atom stereocenters. The van der Waals surface area contributed by atoms with E-state index in [9.17, 15) is 9.59 Å². The molecule has 0 fully saturated rings. The number of amides is 1. The Morgan fingerprint density at radius 3 is 2.82 bits per heavy atom. The molecule has 1 amide bonds. The Labute approximate surface area is 98.5 Å². The predicted octanol–water partition coefficient (Wildman–Crippen LogP) is 0.451. The summed E-state index contributed by atoms with van der Waals surface area (Å²) in [4.78, 5) is 26.2. The Hall–Kier alpha value is -1.92. The number of aromatic nitrogens is 2. The Balaban J connectivity index is 2.19. The molecule has 1 rings (SSSR count). The van der Waals surface area contributed by atoms with Crippen LogP contribution in [0.4, 0.5) is 0 Å². The van der Waals surface area contributed by atoms with Crippen molar-refractivity contribution in [1.29, 1.82) is 0 Å². The zero-order chi connectivity index (χ0) is 12.7. The van der Waals surface area contributed by atoms with E-state index >= 15 is 0 Å². The molecule has 0 bridgehead atoms. The van der Waals surface area contributed by atoms with Gasteiger partial charge in [0.15, 0.2) is 0 Å². The molecular formula is C10H15N3O4. The van der Waals surface area contributed by atoms with Gasteiger partial charge in [0, 0.05) is 19.9 Å². The summed E-state index contributed by atoms with van der Waals surface area (Å²) >= 11 is 0. The van der Waals surface area contributed by atoms with Gasteiger partial charge in [0.25, 0.3) is 11.7 Å². The van der Waals surface area contributed by atoms with Crippen LogP contribution in [0.1, 0.15) is 36.3 Å². The van der Waals surface area contributed by atoms with E-state index < -0.39 is 5.91 Å². The highest BCUT2D eigenvalue weighted by molar-refractivity contribution is 5.90. The quantitative estimate of drug-likeness (QED) is 0.574. The van der Waals surface area contributed by atoms with E-state index in [0.717, 1.165) is 0 Å². The second kappa shape index (κ2) is 6.62. The lowest BCUT2D eigenvalue weighted by Crippen LogP contribution is -2.26. The van der Waals surface area contributed by atoms with Crippen molar-refractivity contribution in [2.75, 3.05) is 13.2 Å². The zero-order valence-corrected chi connectivity index (χ0v) is 9.86. The van der Waals surface area contributed by atoms with Crippen molar-refractivity contribution in [2.45, 2.75) is 26.7 Å². The van der Waals surface area contributed by atoms with Crippen LogP contribution in [0.2, 0.25) is 0 Å². The summed E-state index contributed by atoms with van der Waals surface area (Å²) in [6.07, 6.45) is 0.792. The van der Waals surface area contributed by atoms with Crippen LogP contribution in [0.3, 0.4) is 0 Å². The van der Waals surface area contributed by atoms with Gasteiger partial charge >= 0.3 is 5.97 Å². The molecule has 7 nitrogen and oxygen atoms in total. The SMILES string of the molecule is CCOC(=O)CCCNC(=O)c1noc(C)n1. The van der Waals surface area contributed by atoms with Crippen LogP contribution < -0.4 is 5.32 Å². The Kier molecular flexibility index (Phi) is 5.12. The molecular weight excluding hydrogens is 226 g/mol. The molecule has 0 unspecified atom stereocenters. The molecule has 1 heterocycles. The van der Waals surface area contributed by atoms with Crippen LogP contribution in [-0.4, -0.2) is 35.2 Å². The van der Waals surface area contributed by atoms with Gasteiger partial charge in [-0.05, 0) is 13.3 Å². The van der Waals surface area contributed by atoms with Crippen molar-refractivity contribution in [3.05, 3.63) is 11.7 Å². The lowest BCUT2D eigenvalue weighted by Gasteiger charge is -2.02. The van der Waals surface area contributed by atoms with Gasteiger partial charge in [-0.2, -0.15) is 4.98 Å². The number of aryl methyl sites for hydroxylation is 1. The van der Waals surface area contributed by atoms with Crippen LogP contribution in [0.15, 0.2) is 4.52 Å². The van der Waals surface area contributed by atoms with Gasteiger partial charge in [-0.3, -0.25) is 9.59 Å². The first-order valence-corrected chi connectivity index (χ1v) is 5.37. The number of esters is 1. The minimum Gasteiger partial charge on any atom is -0.466 e.